The van der Waals surface area contributed by atoms with Crippen LogP contribution in [0.4, 0.5) is 4.79 Å². The van der Waals surface area contributed by atoms with Crippen molar-refractivity contribution in [2.24, 2.45) is 0 Å². The molecule has 0 aliphatic rings. The standard InChI is InChI=1S/C12H13N3O2/c16-12(15-9-11-4-2-6-17-11)14-8-10-3-1-5-13-7-10/h1-7H,8-9H2,(H2,14,15,16). The van der Waals surface area contributed by atoms with Gasteiger partial charge in [-0.25, -0.2) is 4.79 Å². The number of nitrogens with one attached hydrogen (secondary N) is 2. The Labute approximate surface area is 98.9 Å². The molecule has 2 rings (SSSR count). The number of hydrogen-bond donors (Lipinski definition) is 2. The number of hydrogen-bond acceptors (Lipinski definition) is 3. The van der Waals surface area contributed by atoms with Gasteiger partial charge in [0.2, 0.25) is 0 Å². The molecule has 5 nitrogen and oxygen atoms in total. The maximum Gasteiger partial charge on any atom is 0.315 e. The van der Waals surface area contributed by atoms with Crippen molar-refractivity contribution in [3.8, 4) is 0 Å². The molecule has 0 aliphatic carbocycles. The first-order valence-electron chi connectivity index (χ1n) is 5.27. The fraction of sp³-hybridized carbons (Fsp3) is 0.167. The van der Waals surface area contributed by atoms with Gasteiger partial charge < -0.3 is 15.1 Å². The molecular weight excluding hydrogens is 218 g/mol. The topological polar surface area (TPSA) is 67.2 Å². The number of pyridine rings is 1. The lowest BCUT2D eigenvalue weighted by Gasteiger charge is -2.05. The summed E-state index contributed by atoms with van der Waals surface area (Å²) in [6.45, 7) is 0.837. The molecule has 0 aliphatic heterocycles. The van der Waals surface area contributed by atoms with Crippen LogP contribution < -0.4 is 10.6 Å². The number of rotatable bonds is 4. The Kier molecular flexibility index (Phi) is 3.75. The lowest BCUT2D eigenvalue weighted by atomic mass is 10.3. The Morgan fingerprint density at radius 3 is 2.82 bits per heavy atom. The molecule has 5 heteroatoms. The van der Waals surface area contributed by atoms with Gasteiger partial charge in [0, 0.05) is 18.9 Å². The number of amides is 2. The van der Waals surface area contributed by atoms with Gasteiger partial charge in [-0.2, -0.15) is 0 Å². The van der Waals surface area contributed by atoms with Gasteiger partial charge in [-0.05, 0) is 23.8 Å². The number of urea groups is 1. The molecule has 0 saturated carbocycles. The molecule has 0 unspecified atom stereocenters. The van der Waals surface area contributed by atoms with E-state index in [1.54, 1.807) is 30.8 Å². The van der Waals surface area contributed by atoms with Crippen LogP contribution in [0.5, 0.6) is 0 Å². The summed E-state index contributed by atoms with van der Waals surface area (Å²) >= 11 is 0. The Morgan fingerprint density at radius 1 is 1.24 bits per heavy atom. The normalized spacial score (nSPS) is 9.88. The van der Waals surface area contributed by atoms with Crippen LogP contribution in [0.25, 0.3) is 0 Å². The van der Waals surface area contributed by atoms with Crippen LogP contribution in [0.1, 0.15) is 11.3 Å². The zero-order valence-corrected chi connectivity index (χ0v) is 9.22. The summed E-state index contributed by atoms with van der Waals surface area (Å²) in [6.07, 6.45) is 4.98. The van der Waals surface area contributed by atoms with Crippen LogP contribution in [0.2, 0.25) is 0 Å². The van der Waals surface area contributed by atoms with Crippen LogP contribution in [-0.2, 0) is 13.1 Å². The van der Waals surface area contributed by atoms with E-state index in [1.807, 2.05) is 12.1 Å². The van der Waals surface area contributed by atoms with Gasteiger partial charge in [0.05, 0.1) is 12.8 Å². The number of carbonyl (C=O) groups excluding carboxylic acids is 1. The predicted molar refractivity (Wildman–Crippen MR) is 62.0 cm³/mol. The molecule has 17 heavy (non-hydrogen) atoms. The Morgan fingerprint density at radius 2 is 2.12 bits per heavy atom. The highest BCUT2D eigenvalue weighted by molar-refractivity contribution is 5.73. The van der Waals surface area contributed by atoms with Crippen molar-refractivity contribution in [3.63, 3.8) is 0 Å². The van der Waals surface area contributed by atoms with Crippen molar-refractivity contribution in [1.82, 2.24) is 15.6 Å². The minimum absolute atomic E-state index is 0.231. The first kappa shape index (κ1) is 11.2. The van der Waals surface area contributed by atoms with Gasteiger partial charge in [0.15, 0.2) is 0 Å². The zero-order valence-electron chi connectivity index (χ0n) is 9.22. The summed E-state index contributed by atoms with van der Waals surface area (Å²) in [7, 11) is 0. The number of furan rings is 1. The highest BCUT2D eigenvalue weighted by atomic mass is 16.3. The van der Waals surface area contributed by atoms with Crippen LogP contribution >= 0.6 is 0 Å². The average Bonchev–Trinajstić information content (AvgIpc) is 2.88. The third-order valence-corrected chi connectivity index (χ3v) is 2.18. The summed E-state index contributed by atoms with van der Waals surface area (Å²) in [5.41, 5.74) is 0.959. The van der Waals surface area contributed by atoms with E-state index in [0.29, 0.717) is 13.1 Å². The molecule has 0 radical (unpaired) electrons. The van der Waals surface area contributed by atoms with Gasteiger partial charge in [0.1, 0.15) is 5.76 Å². The van der Waals surface area contributed by atoms with Crippen molar-refractivity contribution in [3.05, 3.63) is 54.2 Å². The third-order valence-electron chi connectivity index (χ3n) is 2.18. The summed E-state index contributed by atoms with van der Waals surface area (Å²) in [5, 5.41) is 5.42. The zero-order chi connectivity index (χ0) is 11.9. The van der Waals surface area contributed by atoms with E-state index in [9.17, 15) is 4.79 Å². The first-order valence-corrected chi connectivity index (χ1v) is 5.27. The quantitative estimate of drug-likeness (QED) is 0.841. The summed E-state index contributed by atoms with van der Waals surface area (Å²) in [5.74, 6) is 0.724. The highest BCUT2D eigenvalue weighted by Gasteiger charge is 2.01. The van der Waals surface area contributed by atoms with Gasteiger partial charge >= 0.3 is 6.03 Å². The maximum atomic E-state index is 11.4. The lowest BCUT2D eigenvalue weighted by molar-refractivity contribution is 0.239. The van der Waals surface area contributed by atoms with Gasteiger partial charge in [0.25, 0.3) is 0 Å². The van der Waals surface area contributed by atoms with Gasteiger partial charge in [-0.15, -0.1) is 0 Å². The molecule has 0 aromatic carbocycles. The minimum atomic E-state index is -0.231. The van der Waals surface area contributed by atoms with E-state index in [0.717, 1.165) is 11.3 Å². The van der Waals surface area contributed by atoms with Gasteiger partial charge in [-0.3, -0.25) is 4.98 Å². The third kappa shape index (κ3) is 3.64. The van der Waals surface area contributed by atoms with E-state index < -0.39 is 0 Å². The second-order valence-corrected chi connectivity index (χ2v) is 3.48. The molecule has 2 aromatic heterocycles. The number of nitrogens with zero attached hydrogens (tertiary/aromatic N) is 1. The maximum absolute atomic E-state index is 11.4. The van der Waals surface area contributed by atoms with Gasteiger partial charge in [-0.1, -0.05) is 6.07 Å². The molecule has 2 aromatic rings. The van der Waals surface area contributed by atoms with Crippen LogP contribution in [0.15, 0.2) is 47.3 Å². The van der Waals surface area contributed by atoms with Crippen molar-refractivity contribution in [1.29, 1.82) is 0 Å². The molecule has 88 valence electrons. The van der Waals surface area contributed by atoms with E-state index in [1.165, 1.54) is 0 Å². The van der Waals surface area contributed by atoms with Crippen LogP contribution in [-0.4, -0.2) is 11.0 Å². The molecule has 0 bridgehead atoms. The van der Waals surface area contributed by atoms with Crippen molar-refractivity contribution in [2.75, 3.05) is 0 Å². The van der Waals surface area contributed by atoms with E-state index in [4.69, 9.17) is 4.42 Å². The Bertz CT molecular complexity index is 454. The molecule has 0 fully saturated rings. The minimum Gasteiger partial charge on any atom is -0.467 e. The van der Waals surface area contributed by atoms with E-state index >= 15 is 0 Å². The van der Waals surface area contributed by atoms with Crippen LogP contribution in [0.3, 0.4) is 0 Å². The van der Waals surface area contributed by atoms with Crippen LogP contribution in [0, 0.1) is 0 Å². The first-order chi connectivity index (χ1) is 8.34. The predicted octanol–water partition coefficient (Wildman–Crippen LogP) is 1.67. The largest absolute Gasteiger partial charge is 0.467 e. The molecular formula is C12H13N3O2. The second-order valence-electron chi connectivity index (χ2n) is 3.48. The fourth-order valence-electron chi connectivity index (χ4n) is 1.33. The lowest BCUT2D eigenvalue weighted by Crippen LogP contribution is -2.34. The Balaban J connectivity index is 1.71. The highest BCUT2D eigenvalue weighted by Crippen LogP contribution is 1.98. The molecule has 0 spiro atoms. The monoisotopic (exact) mass is 231 g/mol. The second kappa shape index (κ2) is 5.69. The van der Waals surface area contributed by atoms with Crippen molar-refractivity contribution in [2.45, 2.75) is 13.1 Å². The van der Waals surface area contributed by atoms with Crippen molar-refractivity contribution >= 4 is 6.03 Å². The number of aromatic nitrogens is 1. The molecule has 0 saturated heterocycles. The average molecular weight is 231 g/mol. The molecule has 2 N–H and O–H groups in total. The summed E-state index contributed by atoms with van der Waals surface area (Å²) < 4.78 is 5.09. The SMILES string of the molecule is O=C(NCc1cccnc1)NCc1ccco1. The van der Waals surface area contributed by atoms with E-state index in [-0.39, 0.29) is 6.03 Å². The molecule has 2 heterocycles. The van der Waals surface area contributed by atoms with E-state index in [2.05, 4.69) is 15.6 Å². The Hall–Kier alpha value is -2.30. The fourth-order valence-corrected chi connectivity index (χ4v) is 1.33. The molecule has 2 amide bonds. The molecule has 0 atom stereocenters. The summed E-state index contributed by atoms with van der Waals surface area (Å²) in [6, 6.07) is 7.09. The smallest absolute Gasteiger partial charge is 0.315 e. The number of carbonyl (C=O) groups is 1. The van der Waals surface area contributed by atoms with Crippen molar-refractivity contribution < 1.29 is 9.21 Å². The summed E-state index contributed by atoms with van der Waals surface area (Å²) in [4.78, 5) is 15.4.